The number of benzene rings is 1. The third-order valence-electron chi connectivity index (χ3n) is 4.26. The van der Waals surface area contributed by atoms with Crippen LogP contribution in [0.25, 0.3) is 0 Å². The lowest BCUT2D eigenvalue weighted by molar-refractivity contribution is -0.192. The van der Waals surface area contributed by atoms with E-state index in [1.54, 1.807) is 0 Å². The molecule has 1 fully saturated rings. The summed E-state index contributed by atoms with van der Waals surface area (Å²) in [6, 6.07) is 5.03. The number of hydrogen-bond donors (Lipinski definition) is 3. The fourth-order valence-corrected chi connectivity index (χ4v) is 2.55. The van der Waals surface area contributed by atoms with Gasteiger partial charge in [0, 0.05) is 31.3 Å². The fourth-order valence-electron chi connectivity index (χ4n) is 2.55. The van der Waals surface area contributed by atoms with E-state index < -0.39 is 29.6 Å². The third-order valence-corrected chi connectivity index (χ3v) is 4.26. The number of nitrogens with one attached hydrogen (secondary N) is 1. The smallest absolute Gasteiger partial charge is 0.475 e. The van der Waals surface area contributed by atoms with Crippen LogP contribution in [-0.4, -0.2) is 71.6 Å². The van der Waals surface area contributed by atoms with Gasteiger partial charge in [0.1, 0.15) is 5.60 Å². The molecule has 1 saturated heterocycles. The second-order valence-corrected chi connectivity index (χ2v) is 6.74. The van der Waals surface area contributed by atoms with Crippen molar-refractivity contribution in [2.45, 2.75) is 23.6 Å². The van der Waals surface area contributed by atoms with Crippen molar-refractivity contribution in [1.29, 1.82) is 0 Å². The summed E-state index contributed by atoms with van der Waals surface area (Å²) in [5, 5.41) is 26.3. The molecule has 3 N–H and O–H groups in total. The van der Waals surface area contributed by atoms with Gasteiger partial charge in [0.05, 0.1) is 6.54 Å². The first-order valence-electron chi connectivity index (χ1n) is 8.21. The molecule has 166 valence electrons. The summed E-state index contributed by atoms with van der Waals surface area (Å²) in [4.78, 5) is 22.5. The Labute approximate surface area is 165 Å². The monoisotopic (exact) mass is 442 g/mol. The summed E-state index contributed by atoms with van der Waals surface area (Å²) in [6.45, 7) is 0.957. The Bertz CT molecular complexity index is 828. The van der Waals surface area contributed by atoms with Gasteiger partial charge < -0.3 is 20.4 Å². The molecule has 30 heavy (non-hydrogen) atoms. The molecule has 2 aliphatic rings. The van der Waals surface area contributed by atoms with Crippen molar-refractivity contribution >= 4 is 11.9 Å². The highest BCUT2D eigenvalue weighted by atomic mass is 19.4. The van der Waals surface area contributed by atoms with Crippen LogP contribution < -0.4 is 5.32 Å². The second-order valence-electron chi connectivity index (χ2n) is 6.74. The standard InChI is InChI=1S/C14H15F3N4O2.C2HF3O2/c1-21(8-12(23)6-18-7-12)11(22)9-2-4-10(5-3-9)13(19-20-13)14(15,16)17;3-2(4,5)1(6)7/h2-5,18,23H,6-8H2,1H3;(H,6,7). The molecule has 1 amide bonds. The number of hydrogen-bond acceptors (Lipinski definition) is 6. The van der Waals surface area contributed by atoms with E-state index in [1.165, 1.54) is 36.2 Å². The normalized spacial score (nSPS) is 18.5. The van der Waals surface area contributed by atoms with E-state index in [-0.39, 0.29) is 23.6 Å². The van der Waals surface area contributed by atoms with Crippen LogP contribution in [0.1, 0.15) is 15.9 Å². The van der Waals surface area contributed by atoms with Gasteiger partial charge in [-0.3, -0.25) is 4.79 Å². The molecule has 14 heteroatoms. The van der Waals surface area contributed by atoms with E-state index in [9.17, 15) is 36.2 Å². The number of amides is 1. The SMILES string of the molecule is CN(CC1(O)CNC1)C(=O)c1ccc(C2(C(F)(F)F)N=N2)cc1.O=C(O)C(F)(F)F. The molecule has 2 heterocycles. The number of nitrogens with zero attached hydrogens (tertiary/aromatic N) is 3. The van der Waals surface area contributed by atoms with Crippen molar-refractivity contribution in [3.63, 3.8) is 0 Å². The zero-order chi connectivity index (χ0) is 23.0. The first-order valence-corrected chi connectivity index (χ1v) is 8.21. The molecule has 0 unspecified atom stereocenters. The lowest BCUT2D eigenvalue weighted by atomic mass is 9.96. The first kappa shape index (κ1) is 23.5. The van der Waals surface area contributed by atoms with Crippen LogP contribution in [0.2, 0.25) is 0 Å². The van der Waals surface area contributed by atoms with Crippen molar-refractivity contribution in [3.8, 4) is 0 Å². The summed E-state index contributed by atoms with van der Waals surface area (Å²) in [5.74, 6) is -3.13. The molecule has 0 bridgehead atoms. The molecule has 1 aromatic rings. The van der Waals surface area contributed by atoms with E-state index in [0.29, 0.717) is 13.1 Å². The first-order chi connectivity index (χ1) is 13.6. The van der Waals surface area contributed by atoms with Crippen LogP contribution in [0.5, 0.6) is 0 Å². The van der Waals surface area contributed by atoms with E-state index in [1.807, 2.05) is 0 Å². The van der Waals surface area contributed by atoms with Gasteiger partial charge in [-0.1, -0.05) is 12.1 Å². The molecule has 0 aromatic heterocycles. The Kier molecular flexibility index (Phi) is 6.14. The summed E-state index contributed by atoms with van der Waals surface area (Å²) >= 11 is 0. The van der Waals surface area contributed by atoms with Crippen molar-refractivity contribution in [3.05, 3.63) is 35.4 Å². The van der Waals surface area contributed by atoms with Gasteiger partial charge in [0.2, 0.25) is 0 Å². The maximum atomic E-state index is 12.9. The van der Waals surface area contributed by atoms with Crippen molar-refractivity contribution in [2.75, 3.05) is 26.7 Å². The van der Waals surface area contributed by atoms with Crippen LogP contribution in [0, 0.1) is 0 Å². The van der Waals surface area contributed by atoms with Gasteiger partial charge in [-0.25, -0.2) is 4.79 Å². The Morgan fingerprint density at radius 3 is 1.87 bits per heavy atom. The van der Waals surface area contributed by atoms with Crippen LogP contribution in [-0.2, 0) is 10.5 Å². The van der Waals surface area contributed by atoms with E-state index in [4.69, 9.17) is 9.90 Å². The van der Waals surface area contributed by atoms with Crippen molar-refractivity contribution in [1.82, 2.24) is 10.2 Å². The average Bonchev–Trinajstić information content (AvgIpc) is 3.41. The lowest BCUT2D eigenvalue weighted by Gasteiger charge is -2.40. The maximum absolute atomic E-state index is 12.9. The number of carbonyl (C=O) groups is 2. The van der Waals surface area contributed by atoms with Gasteiger partial charge in [0.15, 0.2) is 0 Å². The molecule has 0 saturated carbocycles. The highest BCUT2D eigenvalue weighted by Gasteiger charge is 2.65. The van der Waals surface area contributed by atoms with Gasteiger partial charge in [-0.05, 0) is 12.1 Å². The predicted molar refractivity (Wildman–Crippen MR) is 87.5 cm³/mol. The molecule has 1 aromatic carbocycles. The summed E-state index contributed by atoms with van der Waals surface area (Å²) in [5.41, 5.74) is -3.31. The average molecular weight is 442 g/mol. The molecule has 0 atom stereocenters. The number of halogens is 6. The summed E-state index contributed by atoms with van der Waals surface area (Å²) in [6.07, 6.45) is -9.67. The van der Waals surface area contributed by atoms with Gasteiger partial charge in [0.25, 0.3) is 5.91 Å². The third kappa shape index (κ3) is 5.05. The number of likely N-dealkylation sites (N-methyl/N-ethyl adjacent to an activating group) is 1. The highest BCUT2D eigenvalue weighted by molar-refractivity contribution is 5.94. The molecule has 3 rings (SSSR count). The second kappa shape index (κ2) is 7.83. The van der Waals surface area contributed by atoms with E-state index in [0.717, 1.165) is 0 Å². The number of alkyl halides is 6. The maximum Gasteiger partial charge on any atom is 0.490 e. The Morgan fingerprint density at radius 1 is 1.10 bits per heavy atom. The number of rotatable bonds is 4. The minimum Gasteiger partial charge on any atom is -0.475 e. The van der Waals surface area contributed by atoms with Crippen molar-refractivity contribution < 1.29 is 46.1 Å². The topological polar surface area (TPSA) is 115 Å². The molecule has 0 spiro atoms. The minimum absolute atomic E-state index is 0.119. The number of aliphatic carboxylic acids is 1. The molecule has 0 aliphatic carbocycles. The number of carboxylic acids is 1. The molecular formula is C16H16F6N4O4. The number of β-amino-alcohol motifs (C(OH)–C–C–N with tert-alkyl or cyclic N) is 1. The summed E-state index contributed by atoms with van der Waals surface area (Å²) in [7, 11) is 1.54. The molecular weight excluding hydrogens is 426 g/mol. The number of carbonyl (C=O) groups excluding carboxylic acids is 1. The lowest BCUT2D eigenvalue weighted by Crippen LogP contribution is -2.64. The number of carboxylic acid groups (broad SMARTS) is 1. The van der Waals surface area contributed by atoms with Gasteiger partial charge in [-0.2, -0.15) is 26.3 Å². The largest absolute Gasteiger partial charge is 0.490 e. The van der Waals surface area contributed by atoms with E-state index >= 15 is 0 Å². The van der Waals surface area contributed by atoms with Crippen LogP contribution in [0.15, 0.2) is 34.5 Å². The Hall–Kier alpha value is -2.74. The molecule has 2 aliphatic heterocycles. The van der Waals surface area contributed by atoms with Gasteiger partial charge >= 0.3 is 24.0 Å². The van der Waals surface area contributed by atoms with Crippen LogP contribution in [0.4, 0.5) is 26.3 Å². The summed E-state index contributed by atoms with van der Waals surface area (Å²) < 4.78 is 70.4. The zero-order valence-corrected chi connectivity index (χ0v) is 15.3. The molecule has 0 radical (unpaired) electrons. The van der Waals surface area contributed by atoms with Crippen LogP contribution >= 0.6 is 0 Å². The Balaban J connectivity index is 0.000000396. The Morgan fingerprint density at radius 2 is 1.57 bits per heavy atom. The predicted octanol–water partition coefficient (Wildman–Crippen LogP) is 1.91. The quantitative estimate of drug-likeness (QED) is 0.617. The molecule has 8 nitrogen and oxygen atoms in total. The van der Waals surface area contributed by atoms with E-state index in [2.05, 4.69) is 15.5 Å². The zero-order valence-electron chi connectivity index (χ0n) is 15.3. The van der Waals surface area contributed by atoms with Gasteiger partial charge in [-0.15, -0.1) is 10.2 Å². The van der Waals surface area contributed by atoms with Crippen molar-refractivity contribution in [2.24, 2.45) is 10.2 Å². The van der Waals surface area contributed by atoms with Crippen LogP contribution in [0.3, 0.4) is 0 Å². The fraction of sp³-hybridized carbons (Fsp3) is 0.500. The minimum atomic E-state index is -5.08. The highest BCUT2D eigenvalue weighted by Crippen LogP contribution is 2.52. The number of aliphatic hydroxyl groups is 1.